The van der Waals surface area contributed by atoms with Gasteiger partial charge in [0.2, 0.25) is 11.2 Å². The van der Waals surface area contributed by atoms with E-state index in [1.165, 1.54) is 24.9 Å². The fraction of sp³-hybridized carbons (Fsp3) is 0.250. The Morgan fingerprint density at radius 3 is 2.83 bits per heavy atom. The number of carbonyl (C=O) groups is 1. The van der Waals surface area contributed by atoms with Gasteiger partial charge in [-0.25, -0.2) is 0 Å². The Labute approximate surface area is 176 Å². The van der Waals surface area contributed by atoms with Gasteiger partial charge in [-0.1, -0.05) is 23.7 Å². The summed E-state index contributed by atoms with van der Waals surface area (Å²) >= 11 is 7.57. The van der Waals surface area contributed by atoms with Crippen molar-refractivity contribution in [2.75, 3.05) is 7.11 Å². The average molecular weight is 435 g/mol. The van der Waals surface area contributed by atoms with Crippen LogP contribution in [-0.2, 0) is 22.3 Å². The van der Waals surface area contributed by atoms with Crippen LogP contribution in [0, 0.1) is 0 Å². The van der Waals surface area contributed by atoms with Gasteiger partial charge in [-0.15, -0.1) is 11.8 Å². The average Bonchev–Trinajstić information content (AvgIpc) is 3.14. The van der Waals surface area contributed by atoms with Crippen LogP contribution in [0.25, 0.3) is 0 Å². The molecule has 0 unspecified atom stereocenters. The highest BCUT2D eigenvalue weighted by Gasteiger charge is 2.27. The first-order chi connectivity index (χ1) is 13.9. The van der Waals surface area contributed by atoms with Crippen molar-refractivity contribution in [1.29, 1.82) is 0 Å². The second kappa shape index (κ2) is 9.19. The van der Waals surface area contributed by atoms with E-state index in [-0.39, 0.29) is 12.2 Å². The van der Waals surface area contributed by atoms with E-state index >= 15 is 0 Å². The third kappa shape index (κ3) is 5.02. The van der Waals surface area contributed by atoms with Gasteiger partial charge in [-0.3, -0.25) is 14.3 Å². The molecule has 7 nitrogen and oxygen atoms in total. The highest BCUT2D eigenvalue weighted by Crippen LogP contribution is 2.35. The predicted octanol–water partition coefficient (Wildman–Crippen LogP) is 3.72. The molecule has 0 saturated carbocycles. The number of halogens is 1. The van der Waals surface area contributed by atoms with Crippen molar-refractivity contribution in [1.82, 2.24) is 9.78 Å². The molecule has 2 heterocycles. The van der Waals surface area contributed by atoms with E-state index in [9.17, 15) is 14.7 Å². The molecule has 1 N–H and O–H groups in total. The third-order valence-electron chi connectivity index (χ3n) is 4.25. The van der Waals surface area contributed by atoms with E-state index in [0.29, 0.717) is 22.1 Å². The fourth-order valence-electron chi connectivity index (χ4n) is 2.81. The van der Waals surface area contributed by atoms with E-state index in [0.717, 1.165) is 4.90 Å². The molecule has 0 aliphatic rings. The molecule has 0 aliphatic heterocycles. The normalized spacial score (nSPS) is 12.0. The molecule has 0 bridgehead atoms. The Bertz CT molecular complexity index is 1080. The van der Waals surface area contributed by atoms with Crippen molar-refractivity contribution in [2.45, 2.75) is 23.0 Å². The van der Waals surface area contributed by atoms with Crippen molar-refractivity contribution >= 4 is 29.3 Å². The number of carbonyl (C=O) groups excluding carboxylic acids is 1. The number of thioether (sulfide) groups is 1. The minimum atomic E-state index is -0.714. The van der Waals surface area contributed by atoms with Gasteiger partial charge in [0.25, 0.3) is 0 Å². The molecular formula is C20H19ClN2O5S. The second-order valence-electron chi connectivity index (χ2n) is 6.29. The molecule has 0 fully saturated rings. The Balaban J connectivity index is 1.96. The maximum absolute atomic E-state index is 12.4. The summed E-state index contributed by atoms with van der Waals surface area (Å²) in [4.78, 5) is 25.1. The zero-order chi connectivity index (χ0) is 21.0. The topological polar surface area (TPSA) is 94.6 Å². The molecule has 3 aromatic rings. The van der Waals surface area contributed by atoms with Crippen molar-refractivity contribution in [2.24, 2.45) is 7.05 Å². The van der Waals surface area contributed by atoms with E-state index in [4.69, 9.17) is 20.8 Å². The molecule has 0 aliphatic carbocycles. The molecule has 0 amide bonds. The van der Waals surface area contributed by atoms with Crippen molar-refractivity contribution in [3.63, 3.8) is 0 Å². The summed E-state index contributed by atoms with van der Waals surface area (Å²) in [6.45, 7) is 0. The molecular weight excluding hydrogens is 416 g/mol. The number of ether oxygens (including phenoxy) is 1. The van der Waals surface area contributed by atoms with Gasteiger partial charge >= 0.3 is 5.97 Å². The van der Waals surface area contributed by atoms with Gasteiger partial charge in [-0.2, -0.15) is 5.10 Å². The maximum atomic E-state index is 12.4. The van der Waals surface area contributed by atoms with Crippen LogP contribution in [-0.4, -0.2) is 28.0 Å². The van der Waals surface area contributed by atoms with Crippen molar-refractivity contribution < 1.29 is 19.1 Å². The highest BCUT2D eigenvalue weighted by atomic mass is 35.5. The number of hydrogen-bond acceptors (Lipinski definition) is 7. The lowest BCUT2D eigenvalue weighted by molar-refractivity contribution is -0.140. The van der Waals surface area contributed by atoms with Gasteiger partial charge in [0, 0.05) is 29.8 Å². The molecule has 0 saturated heterocycles. The lowest BCUT2D eigenvalue weighted by atomic mass is 9.95. The molecule has 29 heavy (non-hydrogen) atoms. The fourth-order valence-corrected chi connectivity index (χ4v) is 3.93. The minimum absolute atomic E-state index is 0.00524. The van der Waals surface area contributed by atoms with Crippen LogP contribution in [0.4, 0.5) is 0 Å². The molecule has 0 radical (unpaired) electrons. The Hall–Kier alpha value is -2.71. The smallest absolute Gasteiger partial charge is 0.306 e. The van der Waals surface area contributed by atoms with Gasteiger partial charge in [0.05, 0.1) is 36.4 Å². The Morgan fingerprint density at radius 1 is 1.41 bits per heavy atom. The molecule has 3 rings (SSSR count). The summed E-state index contributed by atoms with van der Waals surface area (Å²) in [5.41, 5.74) is 0.0343. The number of nitrogens with zero attached hydrogens (tertiary/aromatic N) is 2. The number of aromatic hydroxyl groups is 1. The lowest BCUT2D eigenvalue weighted by Crippen LogP contribution is -2.13. The third-order valence-corrected chi connectivity index (χ3v) is 5.79. The summed E-state index contributed by atoms with van der Waals surface area (Å²) in [5, 5.41) is 15.1. The Morgan fingerprint density at radius 2 is 2.17 bits per heavy atom. The quantitative estimate of drug-likeness (QED) is 0.447. The summed E-state index contributed by atoms with van der Waals surface area (Å²) in [5.74, 6) is -1.07. The zero-order valence-corrected chi connectivity index (χ0v) is 17.4. The van der Waals surface area contributed by atoms with E-state index in [2.05, 4.69) is 5.10 Å². The maximum Gasteiger partial charge on any atom is 0.306 e. The molecule has 0 spiro atoms. The standard InChI is InChI=1S/C20H19ClN2O5S/c1-23-10-12(9-22-23)14(8-18(25)27-2)20-19(26)16(24)7-13(28-20)11-29-17-6-4-3-5-15(17)21/h3-7,9-10,14,26H,8,11H2,1-2H3/t14-/m0/s1. The van der Waals surface area contributed by atoms with Crippen molar-refractivity contribution in [3.8, 4) is 5.75 Å². The largest absolute Gasteiger partial charge is 0.502 e. The molecule has 1 atom stereocenters. The first-order valence-corrected chi connectivity index (χ1v) is 10.0. The van der Waals surface area contributed by atoms with Gasteiger partial charge < -0.3 is 14.3 Å². The lowest BCUT2D eigenvalue weighted by Gasteiger charge is -2.15. The number of aromatic nitrogens is 2. The zero-order valence-electron chi connectivity index (χ0n) is 15.8. The first-order valence-electron chi connectivity index (χ1n) is 8.67. The molecule has 9 heteroatoms. The number of esters is 1. The second-order valence-corrected chi connectivity index (χ2v) is 7.71. The number of hydrogen-bond donors (Lipinski definition) is 1. The SMILES string of the molecule is COC(=O)C[C@@H](c1cnn(C)c1)c1oc(CSc2ccccc2Cl)cc(=O)c1O. The van der Waals surface area contributed by atoms with Crippen molar-refractivity contribution in [3.05, 3.63) is 75.1 Å². The van der Waals surface area contributed by atoms with Crippen LogP contribution in [0.1, 0.15) is 29.4 Å². The van der Waals surface area contributed by atoms with Crippen LogP contribution in [0.2, 0.25) is 5.02 Å². The highest BCUT2D eigenvalue weighted by molar-refractivity contribution is 7.98. The van der Waals surface area contributed by atoms with Crippen LogP contribution >= 0.6 is 23.4 Å². The van der Waals surface area contributed by atoms with Crippen LogP contribution in [0.5, 0.6) is 5.75 Å². The van der Waals surface area contributed by atoms with Gasteiger partial charge in [0.15, 0.2) is 5.76 Å². The molecule has 152 valence electrons. The van der Waals surface area contributed by atoms with E-state index in [1.807, 2.05) is 18.2 Å². The molecule has 2 aromatic heterocycles. The first kappa shape index (κ1) is 21.0. The van der Waals surface area contributed by atoms with Crippen LogP contribution in [0.3, 0.4) is 0 Å². The van der Waals surface area contributed by atoms with E-state index < -0.39 is 23.1 Å². The summed E-state index contributed by atoms with van der Waals surface area (Å²) in [7, 11) is 3.00. The van der Waals surface area contributed by atoms with Gasteiger partial charge in [0.1, 0.15) is 5.76 Å². The van der Waals surface area contributed by atoms with Gasteiger partial charge in [-0.05, 0) is 12.1 Å². The summed E-state index contributed by atoms with van der Waals surface area (Å²) in [6.07, 6.45) is 3.14. The minimum Gasteiger partial charge on any atom is -0.502 e. The number of rotatable bonds is 7. The molecule has 1 aromatic carbocycles. The van der Waals surface area contributed by atoms with Crippen LogP contribution in [0.15, 0.2) is 56.8 Å². The monoisotopic (exact) mass is 434 g/mol. The summed E-state index contributed by atoms with van der Waals surface area (Å²) < 4.78 is 12.2. The predicted molar refractivity (Wildman–Crippen MR) is 109 cm³/mol. The van der Waals surface area contributed by atoms with Crippen LogP contribution < -0.4 is 5.43 Å². The number of methoxy groups -OCH3 is 1. The number of benzene rings is 1. The number of aryl methyl sites for hydroxylation is 1. The summed E-state index contributed by atoms with van der Waals surface area (Å²) in [6, 6.07) is 8.57. The van der Waals surface area contributed by atoms with E-state index in [1.54, 1.807) is 30.2 Å². The Kier molecular flexibility index (Phi) is 6.66.